The van der Waals surface area contributed by atoms with E-state index >= 15 is 0 Å². The molecule has 3 rings (SSSR count). The summed E-state index contributed by atoms with van der Waals surface area (Å²) < 4.78 is 0. The summed E-state index contributed by atoms with van der Waals surface area (Å²) in [5.74, 6) is 1.29. The van der Waals surface area contributed by atoms with Gasteiger partial charge in [0.15, 0.2) is 0 Å². The number of nitrogens with zero attached hydrogens (tertiary/aromatic N) is 1. The summed E-state index contributed by atoms with van der Waals surface area (Å²) in [5.41, 5.74) is 1.23. The van der Waals surface area contributed by atoms with Crippen molar-refractivity contribution in [2.45, 2.75) is 30.2 Å². The number of amides is 1. The zero-order chi connectivity index (χ0) is 13.2. The Morgan fingerprint density at radius 3 is 2.89 bits per heavy atom. The van der Waals surface area contributed by atoms with Gasteiger partial charge in [0.25, 0.3) is 0 Å². The van der Waals surface area contributed by atoms with Crippen molar-refractivity contribution in [2.75, 3.05) is 25.4 Å². The van der Waals surface area contributed by atoms with E-state index in [-0.39, 0.29) is 5.92 Å². The Morgan fingerprint density at radius 1 is 1.42 bits per heavy atom. The minimum absolute atomic E-state index is 0.0633. The van der Waals surface area contributed by atoms with Gasteiger partial charge in [0.05, 0.1) is 12.0 Å². The van der Waals surface area contributed by atoms with Crippen molar-refractivity contribution >= 4 is 17.7 Å². The molecule has 0 radical (unpaired) electrons. The molecule has 0 aliphatic carbocycles. The van der Waals surface area contributed by atoms with Crippen LogP contribution in [0.4, 0.5) is 0 Å². The van der Waals surface area contributed by atoms with Crippen molar-refractivity contribution in [1.29, 1.82) is 0 Å². The molecule has 0 saturated carbocycles. The van der Waals surface area contributed by atoms with Crippen LogP contribution in [0.3, 0.4) is 0 Å². The first-order chi connectivity index (χ1) is 9.31. The molecule has 2 aliphatic heterocycles. The van der Waals surface area contributed by atoms with Crippen LogP contribution in [0.15, 0.2) is 29.2 Å². The fourth-order valence-electron chi connectivity index (χ4n) is 2.77. The molecule has 19 heavy (non-hydrogen) atoms. The minimum atomic E-state index is 0.0633. The number of fused-ring (bicyclic) bond motifs is 1. The highest BCUT2D eigenvalue weighted by molar-refractivity contribution is 7.99. The van der Waals surface area contributed by atoms with E-state index in [0.29, 0.717) is 11.9 Å². The van der Waals surface area contributed by atoms with Gasteiger partial charge in [-0.25, -0.2) is 0 Å². The van der Waals surface area contributed by atoms with Gasteiger partial charge in [-0.05, 0) is 18.1 Å². The second-order valence-electron chi connectivity index (χ2n) is 5.25. The summed E-state index contributed by atoms with van der Waals surface area (Å²) in [5, 5.41) is 3.27. The third kappa shape index (κ3) is 2.39. The van der Waals surface area contributed by atoms with Crippen LogP contribution in [0.5, 0.6) is 0 Å². The molecular formula is C15H20N2OS. The molecular weight excluding hydrogens is 256 g/mol. The molecule has 0 spiro atoms. The highest BCUT2D eigenvalue weighted by Crippen LogP contribution is 2.40. The second-order valence-corrected chi connectivity index (χ2v) is 6.31. The molecule has 102 valence electrons. The van der Waals surface area contributed by atoms with Crippen LogP contribution >= 0.6 is 11.8 Å². The van der Waals surface area contributed by atoms with Gasteiger partial charge >= 0.3 is 0 Å². The Hall–Kier alpha value is -1.00. The van der Waals surface area contributed by atoms with Crippen LogP contribution in [0.25, 0.3) is 0 Å². The Kier molecular flexibility index (Phi) is 3.80. The SMILES string of the molecule is CCCN(C(=O)C1CSc2ccccc21)C1CNC1. The largest absolute Gasteiger partial charge is 0.337 e. The fraction of sp³-hybridized carbons (Fsp3) is 0.533. The van der Waals surface area contributed by atoms with Crippen molar-refractivity contribution in [3.8, 4) is 0 Å². The van der Waals surface area contributed by atoms with Crippen molar-refractivity contribution in [3.63, 3.8) is 0 Å². The third-order valence-corrected chi connectivity index (χ3v) is 5.13. The monoisotopic (exact) mass is 276 g/mol. The molecule has 3 nitrogen and oxygen atoms in total. The highest BCUT2D eigenvalue weighted by atomic mass is 32.2. The summed E-state index contributed by atoms with van der Waals surface area (Å²) >= 11 is 1.81. The number of carbonyl (C=O) groups excluding carboxylic acids is 1. The molecule has 1 N–H and O–H groups in total. The topological polar surface area (TPSA) is 32.3 Å². The Labute approximate surface area is 118 Å². The maximum atomic E-state index is 12.8. The molecule has 1 aromatic carbocycles. The van der Waals surface area contributed by atoms with Crippen molar-refractivity contribution < 1.29 is 4.79 Å². The molecule has 1 saturated heterocycles. The van der Waals surface area contributed by atoms with Gasteiger partial charge in [-0.2, -0.15) is 0 Å². The Balaban J connectivity index is 1.79. The number of rotatable bonds is 4. The third-order valence-electron chi connectivity index (χ3n) is 3.95. The first-order valence-electron chi connectivity index (χ1n) is 7.04. The van der Waals surface area contributed by atoms with Gasteiger partial charge in [0, 0.05) is 30.3 Å². The van der Waals surface area contributed by atoms with Crippen LogP contribution in [0, 0.1) is 0 Å². The lowest BCUT2D eigenvalue weighted by atomic mass is 9.98. The van der Waals surface area contributed by atoms with Crippen molar-refractivity contribution in [2.24, 2.45) is 0 Å². The maximum absolute atomic E-state index is 12.8. The standard InChI is InChI=1S/C15H20N2OS/c1-2-7-17(11-8-16-9-11)15(18)13-10-19-14-6-4-3-5-12(13)14/h3-6,11,13,16H,2,7-10H2,1H3. The second kappa shape index (κ2) is 5.55. The zero-order valence-corrected chi connectivity index (χ0v) is 12.1. The summed E-state index contributed by atoms with van der Waals surface area (Å²) in [6, 6.07) is 8.74. The van der Waals surface area contributed by atoms with Crippen LogP contribution in [-0.2, 0) is 4.79 Å². The van der Waals surface area contributed by atoms with Gasteiger partial charge in [-0.1, -0.05) is 25.1 Å². The number of thioether (sulfide) groups is 1. The average Bonchev–Trinajstić information content (AvgIpc) is 2.79. The lowest BCUT2D eigenvalue weighted by Crippen LogP contribution is -2.59. The van der Waals surface area contributed by atoms with E-state index in [9.17, 15) is 4.79 Å². The summed E-state index contributed by atoms with van der Waals surface area (Å²) in [6.45, 7) is 4.93. The van der Waals surface area contributed by atoms with Crippen molar-refractivity contribution in [3.05, 3.63) is 29.8 Å². The number of benzene rings is 1. The summed E-state index contributed by atoms with van der Waals surface area (Å²) in [4.78, 5) is 16.2. The van der Waals surface area contributed by atoms with Crippen LogP contribution in [0.1, 0.15) is 24.8 Å². The van der Waals surface area contributed by atoms with Gasteiger partial charge < -0.3 is 10.2 Å². The van der Waals surface area contributed by atoms with Crippen LogP contribution in [0.2, 0.25) is 0 Å². The highest BCUT2D eigenvalue weighted by Gasteiger charge is 2.36. The van der Waals surface area contributed by atoms with Crippen molar-refractivity contribution in [1.82, 2.24) is 10.2 Å². The first-order valence-corrected chi connectivity index (χ1v) is 8.02. The predicted octanol–water partition coefficient (Wildman–Crippen LogP) is 2.09. The van der Waals surface area contributed by atoms with Gasteiger partial charge in [0.2, 0.25) is 5.91 Å². The van der Waals surface area contributed by atoms with E-state index in [1.807, 2.05) is 17.8 Å². The molecule has 2 aliphatic rings. The van der Waals surface area contributed by atoms with E-state index in [1.54, 1.807) is 0 Å². The Morgan fingerprint density at radius 2 is 2.21 bits per heavy atom. The normalized spacial score (nSPS) is 21.8. The lowest BCUT2D eigenvalue weighted by molar-refractivity contribution is -0.135. The van der Waals surface area contributed by atoms with E-state index in [0.717, 1.165) is 31.8 Å². The number of hydrogen-bond acceptors (Lipinski definition) is 3. The predicted molar refractivity (Wildman–Crippen MR) is 78.6 cm³/mol. The van der Waals surface area contributed by atoms with Gasteiger partial charge in [0.1, 0.15) is 0 Å². The van der Waals surface area contributed by atoms with E-state index in [2.05, 4.69) is 35.3 Å². The fourth-order valence-corrected chi connectivity index (χ4v) is 3.99. The van der Waals surface area contributed by atoms with Crippen LogP contribution < -0.4 is 5.32 Å². The summed E-state index contributed by atoms with van der Waals surface area (Å²) in [6.07, 6.45) is 1.03. The summed E-state index contributed by atoms with van der Waals surface area (Å²) in [7, 11) is 0. The van der Waals surface area contributed by atoms with Gasteiger partial charge in [-0.15, -0.1) is 11.8 Å². The van der Waals surface area contributed by atoms with E-state index in [1.165, 1.54) is 10.5 Å². The molecule has 0 aromatic heterocycles. The van der Waals surface area contributed by atoms with E-state index in [4.69, 9.17) is 0 Å². The molecule has 1 amide bonds. The number of hydrogen-bond donors (Lipinski definition) is 1. The first kappa shape index (κ1) is 13.0. The maximum Gasteiger partial charge on any atom is 0.231 e. The Bertz CT molecular complexity index is 473. The molecule has 1 aromatic rings. The molecule has 0 bridgehead atoms. The molecule has 1 fully saturated rings. The smallest absolute Gasteiger partial charge is 0.231 e. The zero-order valence-electron chi connectivity index (χ0n) is 11.3. The molecule has 1 atom stereocenters. The van der Waals surface area contributed by atoms with E-state index < -0.39 is 0 Å². The van der Waals surface area contributed by atoms with Crippen LogP contribution in [-0.4, -0.2) is 42.2 Å². The number of nitrogens with one attached hydrogen (secondary N) is 1. The molecule has 1 unspecified atom stereocenters. The lowest BCUT2D eigenvalue weighted by Gasteiger charge is -2.39. The minimum Gasteiger partial charge on any atom is -0.337 e. The molecule has 4 heteroatoms. The number of carbonyl (C=O) groups is 1. The molecule has 2 heterocycles. The quantitative estimate of drug-likeness (QED) is 0.914. The van der Waals surface area contributed by atoms with Gasteiger partial charge in [-0.3, -0.25) is 4.79 Å². The average molecular weight is 276 g/mol.